The van der Waals surface area contributed by atoms with Crippen LogP contribution < -0.4 is 5.32 Å². The Balaban J connectivity index is 1.71. The predicted octanol–water partition coefficient (Wildman–Crippen LogP) is 4.19. The van der Waals surface area contributed by atoms with Crippen LogP contribution in [0.25, 0.3) is 0 Å². The maximum atomic E-state index is 3.83. The van der Waals surface area contributed by atoms with Gasteiger partial charge in [0, 0.05) is 26.1 Å². The molecule has 0 radical (unpaired) electrons. The minimum Gasteiger partial charge on any atom is -0.294 e. The normalized spacial score (nSPS) is 20.6. The lowest BCUT2D eigenvalue weighted by Gasteiger charge is -2.39. The van der Waals surface area contributed by atoms with Gasteiger partial charge in [-0.15, -0.1) is 0 Å². The molecule has 1 aliphatic heterocycles. The molecule has 3 aromatic carbocycles. The zero-order valence-electron chi connectivity index (χ0n) is 14.4. The third kappa shape index (κ3) is 3.37. The Labute approximate surface area is 150 Å². The van der Waals surface area contributed by atoms with Gasteiger partial charge in [-0.2, -0.15) is 0 Å². The number of hydrogen-bond acceptors (Lipinski definition) is 2. The fourth-order valence-corrected chi connectivity index (χ4v) is 3.88. The van der Waals surface area contributed by atoms with E-state index < -0.39 is 0 Å². The summed E-state index contributed by atoms with van der Waals surface area (Å²) < 4.78 is 0. The van der Waals surface area contributed by atoms with E-state index in [2.05, 4.69) is 101 Å². The average Bonchev–Trinajstić information content (AvgIpc) is 3.07. The molecule has 2 nitrogen and oxygen atoms in total. The molecule has 1 fully saturated rings. The van der Waals surface area contributed by atoms with E-state index in [4.69, 9.17) is 0 Å². The van der Waals surface area contributed by atoms with E-state index >= 15 is 0 Å². The molecule has 1 aliphatic rings. The minimum atomic E-state index is -0.154. The van der Waals surface area contributed by atoms with Crippen LogP contribution in [0.3, 0.4) is 0 Å². The maximum Gasteiger partial charge on any atom is 0.102 e. The Kier molecular flexibility index (Phi) is 4.64. The first-order valence-electron chi connectivity index (χ1n) is 9.00. The second-order valence-electron chi connectivity index (χ2n) is 6.72. The second-order valence-corrected chi connectivity index (χ2v) is 6.72. The molecule has 25 heavy (non-hydrogen) atoms. The second kappa shape index (κ2) is 7.22. The molecule has 0 bridgehead atoms. The molecule has 1 N–H and O–H groups in total. The van der Waals surface area contributed by atoms with Crippen molar-refractivity contribution in [2.45, 2.75) is 18.6 Å². The van der Waals surface area contributed by atoms with Crippen LogP contribution in [0.2, 0.25) is 0 Å². The minimum absolute atomic E-state index is 0.154. The zero-order valence-corrected chi connectivity index (χ0v) is 14.4. The highest BCUT2D eigenvalue weighted by molar-refractivity contribution is 5.30. The van der Waals surface area contributed by atoms with Crippen molar-refractivity contribution in [1.82, 2.24) is 10.2 Å². The Morgan fingerprint density at radius 1 is 0.720 bits per heavy atom. The lowest BCUT2D eigenvalue weighted by molar-refractivity contribution is 0.108. The highest BCUT2D eigenvalue weighted by Crippen LogP contribution is 2.34. The Morgan fingerprint density at radius 2 is 1.28 bits per heavy atom. The summed E-state index contributed by atoms with van der Waals surface area (Å²) in [6.45, 7) is 3.01. The highest BCUT2D eigenvalue weighted by Gasteiger charge is 2.42. The summed E-state index contributed by atoms with van der Waals surface area (Å²) in [6, 6.07) is 32.4. The topological polar surface area (TPSA) is 15.3 Å². The van der Waals surface area contributed by atoms with Crippen LogP contribution in [0.4, 0.5) is 0 Å². The van der Waals surface area contributed by atoms with Crippen molar-refractivity contribution >= 4 is 0 Å². The number of nitrogens with zero attached hydrogens (tertiary/aromatic N) is 1. The monoisotopic (exact) mass is 328 g/mol. The van der Waals surface area contributed by atoms with Crippen molar-refractivity contribution in [3.05, 3.63) is 108 Å². The molecule has 126 valence electrons. The maximum absolute atomic E-state index is 3.83. The van der Waals surface area contributed by atoms with E-state index in [0.717, 1.165) is 26.1 Å². The van der Waals surface area contributed by atoms with Crippen LogP contribution in [0.5, 0.6) is 0 Å². The van der Waals surface area contributed by atoms with Gasteiger partial charge in [-0.3, -0.25) is 10.2 Å². The summed E-state index contributed by atoms with van der Waals surface area (Å²) in [5, 5.41) is 3.83. The SMILES string of the molecule is c1ccc(CN2CCNC2(Cc2ccccc2)c2ccccc2)cc1. The van der Waals surface area contributed by atoms with Crippen LogP contribution in [0, 0.1) is 0 Å². The lowest BCUT2D eigenvalue weighted by Crippen LogP contribution is -2.50. The molecule has 0 aliphatic carbocycles. The fraction of sp³-hybridized carbons (Fsp3) is 0.217. The Morgan fingerprint density at radius 3 is 1.92 bits per heavy atom. The van der Waals surface area contributed by atoms with Crippen molar-refractivity contribution in [3.63, 3.8) is 0 Å². The van der Waals surface area contributed by atoms with Gasteiger partial charge in [0.05, 0.1) is 0 Å². The molecule has 0 saturated carbocycles. The van der Waals surface area contributed by atoms with Crippen LogP contribution >= 0.6 is 0 Å². The van der Waals surface area contributed by atoms with Gasteiger partial charge in [0.15, 0.2) is 0 Å². The first-order valence-corrected chi connectivity index (χ1v) is 9.00. The molecule has 0 amide bonds. The summed E-state index contributed by atoms with van der Waals surface area (Å²) >= 11 is 0. The predicted molar refractivity (Wildman–Crippen MR) is 103 cm³/mol. The molecular weight excluding hydrogens is 304 g/mol. The van der Waals surface area contributed by atoms with Crippen molar-refractivity contribution < 1.29 is 0 Å². The molecule has 1 atom stereocenters. The number of hydrogen-bond donors (Lipinski definition) is 1. The summed E-state index contributed by atoms with van der Waals surface area (Å²) in [5.41, 5.74) is 3.91. The Hall–Kier alpha value is -2.42. The fourth-order valence-electron chi connectivity index (χ4n) is 3.88. The van der Waals surface area contributed by atoms with E-state index in [9.17, 15) is 0 Å². The van der Waals surface area contributed by atoms with E-state index in [-0.39, 0.29) is 5.66 Å². The van der Waals surface area contributed by atoms with E-state index in [1.807, 2.05) is 0 Å². The molecule has 4 rings (SSSR count). The van der Waals surface area contributed by atoms with Crippen molar-refractivity contribution in [2.24, 2.45) is 0 Å². The zero-order chi connectivity index (χ0) is 17.0. The van der Waals surface area contributed by atoms with Gasteiger partial charge >= 0.3 is 0 Å². The molecule has 0 spiro atoms. The number of nitrogens with one attached hydrogen (secondary N) is 1. The van der Waals surface area contributed by atoms with Gasteiger partial charge in [-0.25, -0.2) is 0 Å². The van der Waals surface area contributed by atoms with Crippen LogP contribution in [0.15, 0.2) is 91.0 Å². The van der Waals surface area contributed by atoms with Gasteiger partial charge in [0.2, 0.25) is 0 Å². The average molecular weight is 328 g/mol. The van der Waals surface area contributed by atoms with Crippen molar-refractivity contribution in [3.8, 4) is 0 Å². The van der Waals surface area contributed by atoms with Gasteiger partial charge in [0.25, 0.3) is 0 Å². The van der Waals surface area contributed by atoms with Crippen molar-refractivity contribution in [2.75, 3.05) is 13.1 Å². The quantitative estimate of drug-likeness (QED) is 0.755. The summed E-state index contributed by atoms with van der Waals surface area (Å²) in [4.78, 5) is 2.59. The van der Waals surface area contributed by atoms with E-state index in [1.54, 1.807) is 0 Å². The third-order valence-electron chi connectivity index (χ3n) is 5.11. The van der Waals surface area contributed by atoms with Crippen LogP contribution in [-0.4, -0.2) is 18.0 Å². The molecule has 1 heterocycles. The van der Waals surface area contributed by atoms with Crippen LogP contribution in [0.1, 0.15) is 16.7 Å². The molecular formula is C23H24N2. The van der Waals surface area contributed by atoms with E-state index in [0.29, 0.717) is 0 Å². The molecule has 1 saturated heterocycles. The smallest absolute Gasteiger partial charge is 0.102 e. The standard InChI is InChI=1S/C23H24N2/c1-4-10-20(11-5-1)18-23(22-14-8-3-9-15-22)24-16-17-25(23)19-21-12-6-2-7-13-21/h1-15,24H,16-19H2. The van der Waals surface area contributed by atoms with Gasteiger partial charge in [-0.1, -0.05) is 91.0 Å². The number of rotatable bonds is 5. The Bertz CT molecular complexity index is 786. The molecule has 3 aromatic rings. The lowest BCUT2D eigenvalue weighted by atomic mass is 9.90. The molecule has 1 unspecified atom stereocenters. The summed E-state index contributed by atoms with van der Waals surface area (Å²) in [5.74, 6) is 0. The third-order valence-corrected chi connectivity index (χ3v) is 5.11. The van der Waals surface area contributed by atoms with Gasteiger partial charge in [-0.05, 0) is 16.7 Å². The van der Waals surface area contributed by atoms with Crippen LogP contribution in [-0.2, 0) is 18.6 Å². The molecule has 0 aromatic heterocycles. The summed E-state index contributed by atoms with van der Waals surface area (Å²) in [7, 11) is 0. The van der Waals surface area contributed by atoms with Gasteiger partial charge < -0.3 is 0 Å². The number of benzene rings is 3. The largest absolute Gasteiger partial charge is 0.294 e. The summed E-state index contributed by atoms with van der Waals surface area (Å²) in [6.07, 6.45) is 0.963. The van der Waals surface area contributed by atoms with Crippen molar-refractivity contribution in [1.29, 1.82) is 0 Å². The molecule has 2 heteroatoms. The first-order chi connectivity index (χ1) is 12.4. The van der Waals surface area contributed by atoms with Gasteiger partial charge in [0.1, 0.15) is 5.66 Å². The highest BCUT2D eigenvalue weighted by atomic mass is 15.4. The van der Waals surface area contributed by atoms with E-state index in [1.165, 1.54) is 16.7 Å². The first kappa shape index (κ1) is 16.1.